The first kappa shape index (κ1) is 19.1. The summed E-state index contributed by atoms with van der Waals surface area (Å²) < 4.78 is 0. The third kappa shape index (κ3) is 3.87. The topological polar surface area (TPSA) is 46.3 Å². The lowest BCUT2D eigenvalue weighted by atomic mass is 9.64. The second kappa shape index (κ2) is 8.20. The Balaban J connectivity index is 0.00000192. The number of nitrogens with two attached hydrogens (primary N) is 1. The number of fused-ring (bicyclic) bond motifs is 2. The van der Waals surface area contributed by atoms with Crippen LogP contribution in [0.25, 0.3) is 0 Å². The normalized spacial score (nSPS) is 38.6. The highest BCUT2D eigenvalue weighted by Crippen LogP contribution is 2.43. The molecule has 23 heavy (non-hydrogen) atoms. The average Bonchev–Trinajstić information content (AvgIpc) is 2.53. The lowest BCUT2D eigenvalue weighted by Gasteiger charge is -2.47. The first-order valence-electron chi connectivity index (χ1n) is 9.67. The maximum absolute atomic E-state index is 13.2. The fourth-order valence-electron chi connectivity index (χ4n) is 5.32. The zero-order valence-electron chi connectivity index (χ0n) is 14.9. The molecule has 134 valence electrons. The summed E-state index contributed by atoms with van der Waals surface area (Å²) in [6.07, 6.45) is 10.8. The van der Waals surface area contributed by atoms with Crippen molar-refractivity contribution in [1.82, 2.24) is 4.90 Å². The Labute approximate surface area is 148 Å². The number of carbonyl (C=O) groups excluding carboxylic acids is 1. The lowest BCUT2D eigenvalue weighted by molar-refractivity contribution is -0.143. The van der Waals surface area contributed by atoms with Crippen LogP contribution in [0.15, 0.2) is 0 Å². The third-order valence-electron chi connectivity index (χ3n) is 6.90. The van der Waals surface area contributed by atoms with Gasteiger partial charge >= 0.3 is 0 Å². The molecule has 2 saturated carbocycles. The molecule has 2 aliphatic carbocycles. The highest BCUT2D eigenvalue weighted by molar-refractivity contribution is 5.85. The first-order valence-corrected chi connectivity index (χ1v) is 9.67. The van der Waals surface area contributed by atoms with Crippen LogP contribution in [-0.2, 0) is 4.79 Å². The van der Waals surface area contributed by atoms with Crippen molar-refractivity contribution in [2.75, 3.05) is 6.54 Å². The smallest absolute Gasteiger partial charge is 0.225 e. The van der Waals surface area contributed by atoms with Gasteiger partial charge in [0.2, 0.25) is 5.91 Å². The van der Waals surface area contributed by atoms with Crippen LogP contribution in [0.2, 0.25) is 0 Å². The monoisotopic (exact) mass is 342 g/mol. The van der Waals surface area contributed by atoms with Crippen molar-refractivity contribution in [3.8, 4) is 0 Å². The number of halogens is 1. The summed E-state index contributed by atoms with van der Waals surface area (Å²) in [5, 5.41) is 0. The van der Waals surface area contributed by atoms with Crippen LogP contribution in [0.1, 0.15) is 71.6 Å². The van der Waals surface area contributed by atoms with E-state index in [0.717, 1.165) is 19.4 Å². The molecule has 4 atom stereocenters. The molecule has 1 amide bonds. The van der Waals surface area contributed by atoms with E-state index in [0.29, 0.717) is 35.7 Å². The van der Waals surface area contributed by atoms with Gasteiger partial charge in [-0.25, -0.2) is 0 Å². The fourth-order valence-corrected chi connectivity index (χ4v) is 5.32. The minimum atomic E-state index is 0. The molecule has 2 bridgehead atoms. The van der Waals surface area contributed by atoms with Gasteiger partial charge in [0.25, 0.3) is 0 Å². The van der Waals surface area contributed by atoms with Crippen LogP contribution in [0, 0.1) is 23.7 Å². The van der Waals surface area contributed by atoms with Crippen LogP contribution in [0.4, 0.5) is 0 Å². The van der Waals surface area contributed by atoms with Gasteiger partial charge in [0.05, 0.1) is 0 Å². The second-order valence-electron chi connectivity index (χ2n) is 8.18. The maximum Gasteiger partial charge on any atom is 0.225 e. The van der Waals surface area contributed by atoms with E-state index in [2.05, 4.69) is 18.7 Å². The van der Waals surface area contributed by atoms with Gasteiger partial charge in [-0.2, -0.15) is 0 Å². The molecule has 3 rings (SSSR count). The van der Waals surface area contributed by atoms with Gasteiger partial charge in [-0.1, -0.05) is 26.7 Å². The highest BCUT2D eigenvalue weighted by atomic mass is 35.5. The number of hydrogen-bond acceptors (Lipinski definition) is 2. The standard InChI is InChI=1S/C19H34N2O.ClH/c1-3-13(2)17-9-4-5-10-21(17)19(22)16-11-14-7-6-8-15(12-16)18(14)20;/h13-18H,3-12,20H2,1-2H3;1H. The molecule has 0 spiro atoms. The van der Waals surface area contributed by atoms with Crippen LogP contribution in [0.3, 0.4) is 0 Å². The van der Waals surface area contributed by atoms with Crippen molar-refractivity contribution < 1.29 is 4.79 Å². The number of likely N-dealkylation sites (tertiary alicyclic amines) is 1. The van der Waals surface area contributed by atoms with E-state index in [-0.39, 0.29) is 18.3 Å². The van der Waals surface area contributed by atoms with Gasteiger partial charge in [-0.15, -0.1) is 12.4 Å². The Kier molecular flexibility index (Phi) is 6.79. The summed E-state index contributed by atoms with van der Waals surface area (Å²) in [4.78, 5) is 15.5. The van der Waals surface area contributed by atoms with Gasteiger partial charge in [0.1, 0.15) is 0 Å². The molecular weight excluding hydrogens is 308 g/mol. The molecule has 3 nitrogen and oxygen atoms in total. The maximum atomic E-state index is 13.2. The van der Waals surface area contributed by atoms with Crippen molar-refractivity contribution in [2.45, 2.75) is 83.7 Å². The van der Waals surface area contributed by atoms with E-state index < -0.39 is 0 Å². The molecule has 3 aliphatic rings. The largest absolute Gasteiger partial charge is 0.339 e. The Bertz CT molecular complexity index is 389. The number of nitrogens with zero attached hydrogens (tertiary/aromatic N) is 1. The SMILES string of the molecule is CCC(C)C1CCCCN1C(=O)C1CC2CCCC(C1)C2N.Cl. The molecular formula is C19H35ClN2O. The van der Waals surface area contributed by atoms with Crippen molar-refractivity contribution in [3.05, 3.63) is 0 Å². The molecule has 4 unspecified atom stereocenters. The molecule has 0 aromatic heterocycles. The zero-order valence-corrected chi connectivity index (χ0v) is 15.7. The summed E-state index contributed by atoms with van der Waals surface area (Å²) in [6.45, 7) is 5.57. The van der Waals surface area contributed by atoms with E-state index in [1.807, 2.05) is 0 Å². The summed E-state index contributed by atoms with van der Waals surface area (Å²) in [6, 6.07) is 0.853. The number of piperidine rings is 1. The minimum Gasteiger partial charge on any atom is -0.339 e. The van der Waals surface area contributed by atoms with Gasteiger partial charge in [0.15, 0.2) is 0 Å². The van der Waals surface area contributed by atoms with Crippen molar-refractivity contribution in [3.63, 3.8) is 0 Å². The third-order valence-corrected chi connectivity index (χ3v) is 6.90. The van der Waals surface area contributed by atoms with E-state index in [1.165, 1.54) is 44.9 Å². The quantitative estimate of drug-likeness (QED) is 0.842. The van der Waals surface area contributed by atoms with Gasteiger partial charge < -0.3 is 10.6 Å². The van der Waals surface area contributed by atoms with E-state index in [4.69, 9.17) is 5.73 Å². The zero-order chi connectivity index (χ0) is 15.7. The summed E-state index contributed by atoms with van der Waals surface area (Å²) in [7, 11) is 0. The fraction of sp³-hybridized carbons (Fsp3) is 0.947. The Morgan fingerprint density at radius 1 is 1.13 bits per heavy atom. The predicted molar refractivity (Wildman–Crippen MR) is 97.6 cm³/mol. The number of rotatable bonds is 3. The van der Waals surface area contributed by atoms with E-state index >= 15 is 0 Å². The van der Waals surface area contributed by atoms with Gasteiger partial charge in [-0.05, 0) is 62.7 Å². The van der Waals surface area contributed by atoms with Crippen molar-refractivity contribution in [2.24, 2.45) is 29.4 Å². The lowest BCUT2D eigenvalue weighted by Crippen LogP contribution is -2.53. The molecule has 1 saturated heterocycles. The summed E-state index contributed by atoms with van der Waals surface area (Å²) >= 11 is 0. The predicted octanol–water partition coefficient (Wildman–Crippen LogP) is 3.99. The molecule has 0 aromatic carbocycles. The van der Waals surface area contributed by atoms with Crippen LogP contribution in [0.5, 0.6) is 0 Å². The van der Waals surface area contributed by atoms with Crippen LogP contribution < -0.4 is 5.73 Å². The molecule has 1 aliphatic heterocycles. The van der Waals surface area contributed by atoms with E-state index in [9.17, 15) is 4.79 Å². The highest BCUT2D eigenvalue weighted by Gasteiger charge is 2.43. The average molecular weight is 343 g/mol. The van der Waals surface area contributed by atoms with Gasteiger partial charge in [0, 0.05) is 24.5 Å². The Morgan fingerprint density at radius 3 is 2.39 bits per heavy atom. The molecule has 3 fully saturated rings. The van der Waals surface area contributed by atoms with Crippen LogP contribution in [-0.4, -0.2) is 29.4 Å². The van der Waals surface area contributed by atoms with Crippen molar-refractivity contribution in [1.29, 1.82) is 0 Å². The second-order valence-corrected chi connectivity index (χ2v) is 8.18. The van der Waals surface area contributed by atoms with Gasteiger partial charge in [-0.3, -0.25) is 4.79 Å². The number of amides is 1. The number of carbonyl (C=O) groups is 1. The molecule has 4 heteroatoms. The Hall–Kier alpha value is -0.280. The molecule has 1 heterocycles. The Morgan fingerprint density at radius 2 is 1.78 bits per heavy atom. The van der Waals surface area contributed by atoms with Crippen molar-refractivity contribution >= 4 is 18.3 Å². The molecule has 0 radical (unpaired) electrons. The summed E-state index contributed by atoms with van der Waals surface area (Å²) in [5.41, 5.74) is 6.40. The molecule has 2 N–H and O–H groups in total. The minimum absolute atomic E-state index is 0. The first-order chi connectivity index (χ1) is 10.6. The molecule has 0 aromatic rings. The number of hydrogen-bond donors (Lipinski definition) is 1. The van der Waals surface area contributed by atoms with Crippen LogP contribution >= 0.6 is 12.4 Å². The van der Waals surface area contributed by atoms with E-state index in [1.54, 1.807) is 0 Å². The summed E-state index contributed by atoms with van der Waals surface area (Å²) in [5.74, 6) is 2.57.